The van der Waals surface area contributed by atoms with Gasteiger partial charge in [0.2, 0.25) is 5.91 Å². The van der Waals surface area contributed by atoms with E-state index in [-0.39, 0.29) is 18.1 Å². The second kappa shape index (κ2) is 10.00. The lowest BCUT2D eigenvalue weighted by Crippen LogP contribution is -2.25. The highest BCUT2D eigenvalue weighted by atomic mass is 31.2. The van der Waals surface area contributed by atoms with Gasteiger partial charge in [-0.1, -0.05) is 31.1 Å². The summed E-state index contributed by atoms with van der Waals surface area (Å²) < 4.78 is 30.7. The first kappa shape index (κ1) is 24.8. The van der Waals surface area contributed by atoms with Crippen LogP contribution in [0.15, 0.2) is 53.2 Å². The molecule has 0 bridgehead atoms. The number of anilines is 1. The van der Waals surface area contributed by atoms with Crippen molar-refractivity contribution >= 4 is 19.2 Å². The molecule has 3 rings (SSSR count). The normalized spacial score (nSPS) is 12.1. The summed E-state index contributed by atoms with van der Waals surface area (Å²) in [5.41, 5.74) is 3.28. The van der Waals surface area contributed by atoms with E-state index >= 15 is 0 Å². The van der Waals surface area contributed by atoms with Crippen molar-refractivity contribution in [1.82, 2.24) is 5.16 Å². The van der Waals surface area contributed by atoms with Crippen LogP contribution in [0.25, 0.3) is 11.3 Å². The number of halogens is 1. The number of nitrogens with zero attached hydrogens (tertiary/aromatic N) is 1. The van der Waals surface area contributed by atoms with Crippen LogP contribution in [0.2, 0.25) is 0 Å². The molecule has 33 heavy (non-hydrogen) atoms. The van der Waals surface area contributed by atoms with Gasteiger partial charge in [0.05, 0.1) is 11.4 Å². The molecule has 0 unspecified atom stereocenters. The van der Waals surface area contributed by atoms with E-state index < -0.39 is 12.8 Å². The van der Waals surface area contributed by atoms with Crippen LogP contribution < -0.4 is 5.32 Å². The van der Waals surface area contributed by atoms with Crippen LogP contribution in [0, 0.1) is 12.7 Å². The Bertz CT molecular complexity index is 1170. The molecule has 0 aliphatic rings. The molecule has 0 fully saturated rings. The predicted octanol–water partition coefficient (Wildman–Crippen LogP) is 5.55. The second-order valence-corrected chi connectivity index (χ2v) is 9.99. The number of rotatable bonds is 9. The van der Waals surface area contributed by atoms with E-state index in [9.17, 15) is 23.5 Å². The Morgan fingerprint density at radius 1 is 1.15 bits per heavy atom. The first-order valence-electron chi connectivity index (χ1n) is 10.8. The molecule has 176 valence electrons. The molecule has 7 nitrogen and oxygen atoms in total. The molecule has 3 aromatic rings. The first-order chi connectivity index (χ1) is 15.6. The summed E-state index contributed by atoms with van der Waals surface area (Å²) in [7, 11) is -4.39. The number of carbonyl (C=O) groups is 1. The SMILES string of the molecule is CCC(CC)(c1ccc(NC(=O)CCc2cnoc2-c2ccc(F)cc2)c(C)c1)P(=O)(O)O. The maximum absolute atomic E-state index is 13.2. The van der Waals surface area contributed by atoms with Gasteiger partial charge in [0.1, 0.15) is 5.82 Å². The lowest BCUT2D eigenvalue weighted by atomic mass is 9.91. The van der Waals surface area contributed by atoms with Crippen LogP contribution in [0.1, 0.15) is 49.8 Å². The quantitative estimate of drug-likeness (QED) is 0.350. The fourth-order valence-electron chi connectivity index (χ4n) is 4.07. The first-order valence-corrected chi connectivity index (χ1v) is 12.4. The van der Waals surface area contributed by atoms with E-state index in [1.54, 1.807) is 57.3 Å². The van der Waals surface area contributed by atoms with E-state index in [0.29, 0.717) is 41.8 Å². The molecule has 0 radical (unpaired) electrons. The molecule has 0 aliphatic heterocycles. The van der Waals surface area contributed by atoms with Gasteiger partial charge in [0.25, 0.3) is 0 Å². The average Bonchev–Trinajstić information content (AvgIpc) is 3.23. The summed E-state index contributed by atoms with van der Waals surface area (Å²) in [5, 5.41) is 5.42. The van der Waals surface area contributed by atoms with Gasteiger partial charge >= 0.3 is 7.60 Å². The van der Waals surface area contributed by atoms with Crippen LogP contribution in [0.5, 0.6) is 0 Å². The Morgan fingerprint density at radius 2 is 1.82 bits per heavy atom. The second-order valence-electron chi connectivity index (χ2n) is 8.05. The molecule has 1 amide bonds. The Balaban J connectivity index is 1.70. The molecule has 0 aliphatic carbocycles. The summed E-state index contributed by atoms with van der Waals surface area (Å²) >= 11 is 0. The zero-order valence-corrected chi connectivity index (χ0v) is 19.7. The molecular formula is C24H28FN2O5P. The Kier molecular flexibility index (Phi) is 7.52. The molecule has 1 aromatic heterocycles. The van der Waals surface area contributed by atoms with Crippen molar-refractivity contribution in [3.05, 3.63) is 71.2 Å². The van der Waals surface area contributed by atoms with Crippen molar-refractivity contribution in [1.29, 1.82) is 0 Å². The molecule has 0 atom stereocenters. The molecule has 3 N–H and O–H groups in total. The molecule has 2 aromatic carbocycles. The molecule has 9 heteroatoms. The Morgan fingerprint density at radius 3 is 2.39 bits per heavy atom. The van der Waals surface area contributed by atoms with E-state index in [1.165, 1.54) is 12.1 Å². The van der Waals surface area contributed by atoms with Crippen molar-refractivity contribution in [3.63, 3.8) is 0 Å². The summed E-state index contributed by atoms with van der Waals surface area (Å²) in [6, 6.07) is 10.9. The van der Waals surface area contributed by atoms with Crippen molar-refractivity contribution in [2.45, 2.75) is 51.6 Å². The minimum atomic E-state index is -4.39. The highest BCUT2D eigenvalue weighted by Gasteiger charge is 2.45. The number of nitrogens with one attached hydrogen (secondary N) is 1. The van der Waals surface area contributed by atoms with E-state index in [2.05, 4.69) is 10.5 Å². The monoisotopic (exact) mass is 474 g/mol. The van der Waals surface area contributed by atoms with Crippen molar-refractivity contribution in [3.8, 4) is 11.3 Å². The smallest absolute Gasteiger partial charge is 0.335 e. The largest absolute Gasteiger partial charge is 0.356 e. The van der Waals surface area contributed by atoms with Gasteiger partial charge in [0.15, 0.2) is 5.76 Å². The fourth-order valence-corrected chi connectivity index (χ4v) is 5.37. The standard InChI is InChI=1S/C24H28FN2O5P/c1-4-24(5-2,33(29,30)31)19-9-12-21(16(3)14-19)27-22(28)13-8-18-15-26-32-23(18)17-6-10-20(25)11-7-17/h6-7,9-12,14-15H,4-5,8,13H2,1-3H3,(H,27,28)(H2,29,30,31). The third-order valence-electron chi connectivity index (χ3n) is 6.14. The summed E-state index contributed by atoms with van der Waals surface area (Å²) in [4.78, 5) is 32.5. The minimum Gasteiger partial charge on any atom is -0.356 e. The lowest BCUT2D eigenvalue weighted by Gasteiger charge is -2.33. The number of carbonyl (C=O) groups excluding carboxylic acids is 1. The van der Waals surface area contributed by atoms with Gasteiger partial charge in [-0.3, -0.25) is 9.36 Å². The van der Waals surface area contributed by atoms with Gasteiger partial charge in [-0.05, 0) is 67.6 Å². The van der Waals surface area contributed by atoms with Gasteiger partial charge in [-0.25, -0.2) is 4.39 Å². The zero-order valence-electron chi connectivity index (χ0n) is 18.8. The van der Waals surface area contributed by atoms with Crippen molar-refractivity contribution in [2.24, 2.45) is 0 Å². The van der Waals surface area contributed by atoms with Crippen LogP contribution in [-0.4, -0.2) is 20.9 Å². The van der Waals surface area contributed by atoms with Gasteiger partial charge in [-0.2, -0.15) is 0 Å². The van der Waals surface area contributed by atoms with Crippen molar-refractivity contribution < 1.29 is 28.1 Å². The van der Waals surface area contributed by atoms with Gasteiger partial charge in [-0.15, -0.1) is 0 Å². The van der Waals surface area contributed by atoms with Gasteiger partial charge in [0, 0.05) is 23.2 Å². The maximum Gasteiger partial charge on any atom is 0.335 e. The minimum absolute atomic E-state index is 0.174. The number of aromatic nitrogens is 1. The lowest BCUT2D eigenvalue weighted by molar-refractivity contribution is -0.116. The number of hydrogen-bond donors (Lipinski definition) is 3. The van der Waals surface area contributed by atoms with Crippen LogP contribution in [-0.2, 0) is 20.9 Å². The third-order valence-corrected chi connectivity index (χ3v) is 8.14. The molecule has 0 saturated heterocycles. The highest BCUT2D eigenvalue weighted by molar-refractivity contribution is 7.53. The number of hydrogen-bond acceptors (Lipinski definition) is 4. The Hall–Kier alpha value is -2.80. The van der Waals surface area contributed by atoms with Crippen LogP contribution >= 0.6 is 7.60 Å². The fraction of sp³-hybridized carbons (Fsp3) is 0.333. The van der Waals surface area contributed by atoms with E-state index in [1.807, 2.05) is 0 Å². The van der Waals surface area contributed by atoms with E-state index in [0.717, 1.165) is 11.1 Å². The number of amides is 1. The predicted molar refractivity (Wildman–Crippen MR) is 124 cm³/mol. The van der Waals surface area contributed by atoms with Crippen LogP contribution in [0.3, 0.4) is 0 Å². The summed E-state index contributed by atoms with van der Waals surface area (Å²) in [6.45, 7) is 5.32. The Labute approximate surface area is 192 Å². The number of benzene rings is 2. The third kappa shape index (κ3) is 5.24. The van der Waals surface area contributed by atoms with E-state index in [4.69, 9.17) is 4.52 Å². The van der Waals surface area contributed by atoms with Gasteiger partial charge < -0.3 is 19.6 Å². The van der Waals surface area contributed by atoms with Crippen molar-refractivity contribution in [2.75, 3.05) is 5.32 Å². The summed E-state index contributed by atoms with van der Waals surface area (Å²) in [6.07, 6.45) is 2.70. The molecule has 1 heterocycles. The number of aryl methyl sites for hydroxylation is 2. The average molecular weight is 474 g/mol. The molecular weight excluding hydrogens is 446 g/mol. The van der Waals surface area contributed by atoms with Crippen LogP contribution in [0.4, 0.5) is 10.1 Å². The highest BCUT2D eigenvalue weighted by Crippen LogP contribution is 2.61. The zero-order chi connectivity index (χ0) is 24.2. The summed E-state index contributed by atoms with van der Waals surface area (Å²) in [5.74, 6) is -0.0722. The molecule has 0 spiro atoms. The topological polar surface area (TPSA) is 113 Å². The maximum atomic E-state index is 13.2. The molecule has 0 saturated carbocycles.